The maximum Gasteiger partial charge on any atom is 0.330 e. The first-order valence-electron chi connectivity index (χ1n) is 9.94. The average molecular weight is 482 g/mol. The third kappa shape index (κ3) is 4.46. The Bertz CT molecular complexity index is 1460. The molecule has 0 radical (unpaired) electrons. The standard InChI is InChI=1S/C23H20ClN5O3S/c1-13-18(33-21(26-13)15-9-6-10-16(24)11-15)22(31)28(2)17-19(25)29(23(32)27-20(17)30)12-14-7-4-3-5-8-14/h3-11H,12,25H2,1-2H3,(H,27,30,32). The second-order valence-corrected chi connectivity index (χ2v) is 8.81. The Balaban J connectivity index is 1.72. The fourth-order valence-electron chi connectivity index (χ4n) is 3.42. The van der Waals surface area contributed by atoms with Crippen LogP contribution in [0.1, 0.15) is 20.9 Å². The minimum absolute atomic E-state index is 0.0966. The quantitative estimate of drug-likeness (QED) is 0.452. The Morgan fingerprint density at radius 3 is 2.61 bits per heavy atom. The molecule has 0 fully saturated rings. The number of aromatic amines is 1. The highest BCUT2D eigenvalue weighted by atomic mass is 35.5. The van der Waals surface area contributed by atoms with Crippen LogP contribution in [-0.2, 0) is 6.54 Å². The van der Waals surface area contributed by atoms with E-state index in [1.807, 2.05) is 36.4 Å². The summed E-state index contributed by atoms with van der Waals surface area (Å²) in [5.41, 5.74) is 6.85. The molecule has 0 aliphatic carbocycles. The molecular formula is C23H20ClN5O3S. The highest BCUT2D eigenvalue weighted by Crippen LogP contribution is 2.31. The lowest BCUT2D eigenvalue weighted by Gasteiger charge is -2.20. The number of amides is 1. The summed E-state index contributed by atoms with van der Waals surface area (Å²) in [6, 6.07) is 16.4. The molecule has 33 heavy (non-hydrogen) atoms. The van der Waals surface area contributed by atoms with E-state index in [9.17, 15) is 14.4 Å². The van der Waals surface area contributed by atoms with Gasteiger partial charge >= 0.3 is 5.69 Å². The summed E-state index contributed by atoms with van der Waals surface area (Å²) in [6.07, 6.45) is 0. The third-order valence-electron chi connectivity index (χ3n) is 5.10. The smallest absolute Gasteiger partial charge is 0.330 e. The lowest BCUT2D eigenvalue weighted by molar-refractivity contribution is 0.0995. The van der Waals surface area contributed by atoms with E-state index in [0.29, 0.717) is 20.6 Å². The summed E-state index contributed by atoms with van der Waals surface area (Å²) in [5.74, 6) is -0.555. The predicted molar refractivity (Wildman–Crippen MR) is 131 cm³/mol. The zero-order valence-electron chi connectivity index (χ0n) is 17.8. The van der Waals surface area contributed by atoms with E-state index < -0.39 is 17.2 Å². The van der Waals surface area contributed by atoms with Crippen LogP contribution in [-0.4, -0.2) is 27.5 Å². The van der Waals surface area contributed by atoms with Crippen LogP contribution < -0.4 is 21.9 Å². The van der Waals surface area contributed by atoms with Gasteiger partial charge in [0.1, 0.15) is 15.7 Å². The SMILES string of the molecule is Cc1nc(-c2cccc(Cl)c2)sc1C(=O)N(C)c1c(N)n(Cc2ccccc2)c(=O)[nH]c1=O. The van der Waals surface area contributed by atoms with Gasteiger partial charge in [-0.15, -0.1) is 11.3 Å². The maximum atomic E-state index is 13.3. The van der Waals surface area contributed by atoms with E-state index in [1.165, 1.54) is 23.0 Å². The molecule has 0 aliphatic heterocycles. The van der Waals surface area contributed by atoms with Crippen LogP contribution in [0.3, 0.4) is 0 Å². The number of aryl methyl sites for hydroxylation is 1. The van der Waals surface area contributed by atoms with Crippen LogP contribution in [0.4, 0.5) is 11.5 Å². The van der Waals surface area contributed by atoms with Gasteiger partial charge in [0.05, 0.1) is 12.2 Å². The van der Waals surface area contributed by atoms with Crippen molar-refractivity contribution in [3.8, 4) is 10.6 Å². The monoisotopic (exact) mass is 481 g/mol. The van der Waals surface area contributed by atoms with Crippen molar-refractivity contribution in [2.75, 3.05) is 17.7 Å². The Kier molecular flexibility index (Phi) is 6.17. The van der Waals surface area contributed by atoms with Crippen LogP contribution in [0.15, 0.2) is 64.2 Å². The minimum atomic E-state index is -0.741. The zero-order valence-corrected chi connectivity index (χ0v) is 19.4. The third-order valence-corrected chi connectivity index (χ3v) is 6.53. The summed E-state index contributed by atoms with van der Waals surface area (Å²) in [6.45, 7) is 1.87. The number of H-pyrrole nitrogens is 1. The van der Waals surface area contributed by atoms with E-state index in [4.69, 9.17) is 17.3 Å². The van der Waals surface area contributed by atoms with Gasteiger partial charge < -0.3 is 10.6 Å². The number of nitrogen functional groups attached to an aromatic ring is 1. The molecule has 0 spiro atoms. The lowest BCUT2D eigenvalue weighted by Crippen LogP contribution is -2.39. The van der Waals surface area contributed by atoms with Crippen molar-refractivity contribution in [3.63, 3.8) is 0 Å². The van der Waals surface area contributed by atoms with Crippen molar-refractivity contribution in [1.82, 2.24) is 14.5 Å². The van der Waals surface area contributed by atoms with Gasteiger partial charge in [0.15, 0.2) is 5.69 Å². The number of hydrogen-bond donors (Lipinski definition) is 2. The molecule has 3 N–H and O–H groups in total. The highest BCUT2D eigenvalue weighted by Gasteiger charge is 2.25. The number of anilines is 2. The Morgan fingerprint density at radius 2 is 1.91 bits per heavy atom. The van der Waals surface area contributed by atoms with E-state index in [-0.39, 0.29) is 18.1 Å². The Morgan fingerprint density at radius 1 is 1.18 bits per heavy atom. The maximum absolute atomic E-state index is 13.3. The molecule has 2 heterocycles. The first-order valence-corrected chi connectivity index (χ1v) is 11.1. The average Bonchev–Trinajstić information content (AvgIpc) is 3.18. The molecule has 4 aromatic rings. The van der Waals surface area contributed by atoms with Crippen molar-refractivity contribution in [2.24, 2.45) is 0 Å². The summed E-state index contributed by atoms with van der Waals surface area (Å²) in [5, 5.41) is 1.19. The van der Waals surface area contributed by atoms with Crippen LogP contribution in [0.5, 0.6) is 0 Å². The van der Waals surface area contributed by atoms with Gasteiger partial charge in [-0.25, -0.2) is 9.78 Å². The zero-order chi connectivity index (χ0) is 23.7. The van der Waals surface area contributed by atoms with Gasteiger partial charge in [0, 0.05) is 17.6 Å². The molecule has 0 saturated carbocycles. The normalized spacial score (nSPS) is 10.9. The van der Waals surface area contributed by atoms with Gasteiger partial charge in [0.25, 0.3) is 11.5 Å². The summed E-state index contributed by atoms with van der Waals surface area (Å²) in [4.78, 5) is 46.6. The van der Waals surface area contributed by atoms with Crippen LogP contribution in [0.25, 0.3) is 10.6 Å². The van der Waals surface area contributed by atoms with E-state index in [2.05, 4.69) is 9.97 Å². The van der Waals surface area contributed by atoms with Gasteiger partial charge in [-0.05, 0) is 24.6 Å². The van der Waals surface area contributed by atoms with Gasteiger partial charge in [-0.2, -0.15) is 0 Å². The molecule has 1 amide bonds. The number of rotatable bonds is 5. The number of nitrogens with one attached hydrogen (secondary N) is 1. The first-order chi connectivity index (χ1) is 15.8. The number of carbonyl (C=O) groups is 1. The predicted octanol–water partition coefficient (Wildman–Crippen LogP) is 3.53. The first kappa shape index (κ1) is 22.5. The molecule has 168 valence electrons. The summed E-state index contributed by atoms with van der Waals surface area (Å²) < 4.78 is 1.23. The van der Waals surface area contributed by atoms with E-state index >= 15 is 0 Å². The fraction of sp³-hybridized carbons (Fsp3) is 0.130. The number of hydrogen-bond acceptors (Lipinski definition) is 6. The minimum Gasteiger partial charge on any atom is -0.383 e. The molecule has 2 aromatic carbocycles. The number of halogens is 1. The number of carbonyl (C=O) groups excluding carboxylic acids is 1. The molecule has 0 atom stereocenters. The highest BCUT2D eigenvalue weighted by molar-refractivity contribution is 7.17. The van der Waals surface area contributed by atoms with Crippen LogP contribution in [0, 0.1) is 6.92 Å². The van der Waals surface area contributed by atoms with Gasteiger partial charge in [-0.3, -0.25) is 19.1 Å². The molecule has 0 unspecified atom stereocenters. The largest absolute Gasteiger partial charge is 0.383 e. The number of nitrogens with zero attached hydrogens (tertiary/aromatic N) is 3. The lowest BCUT2D eigenvalue weighted by atomic mass is 10.2. The number of benzene rings is 2. The molecule has 0 bridgehead atoms. The van der Waals surface area contributed by atoms with Gasteiger partial charge in [-0.1, -0.05) is 54.1 Å². The number of thiazole rings is 1. The summed E-state index contributed by atoms with van der Waals surface area (Å²) >= 11 is 7.27. The number of aromatic nitrogens is 3. The van der Waals surface area contributed by atoms with Crippen molar-refractivity contribution < 1.29 is 4.79 Å². The van der Waals surface area contributed by atoms with Crippen molar-refractivity contribution in [1.29, 1.82) is 0 Å². The molecule has 0 saturated heterocycles. The molecule has 8 nitrogen and oxygen atoms in total. The second kappa shape index (κ2) is 9.05. The van der Waals surface area contributed by atoms with E-state index in [0.717, 1.165) is 16.0 Å². The van der Waals surface area contributed by atoms with E-state index in [1.54, 1.807) is 25.1 Å². The molecule has 4 rings (SSSR count). The van der Waals surface area contributed by atoms with Crippen LogP contribution in [0.2, 0.25) is 5.02 Å². The van der Waals surface area contributed by atoms with Crippen LogP contribution >= 0.6 is 22.9 Å². The summed E-state index contributed by atoms with van der Waals surface area (Å²) in [7, 11) is 1.44. The Hall–Kier alpha value is -3.69. The Labute approximate surface area is 197 Å². The van der Waals surface area contributed by atoms with Crippen molar-refractivity contribution in [2.45, 2.75) is 13.5 Å². The van der Waals surface area contributed by atoms with Crippen molar-refractivity contribution >= 4 is 40.4 Å². The molecule has 0 aliphatic rings. The molecule has 10 heteroatoms. The topological polar surface area (TPSA) is 114 Å². The van der Waals surface area contributed by atoms with Gasteiger partial charge in [0.2, 0.25) is 0 Å². The van der Waals surface area contributed by atoms with Crippen molar-refractivity contribution in [3.05, 3.63) is 96.6 Å². The molecule has 2 aromatic heterocycles. The second-order valence-electron chi connectivity index (χ2n) is 7.37. The molecular weight excluding hydrogens is 462 g/mol. The fourth-order valence-corrected chi connectivity index (χ4v) is 4.65. The number of nitrogens with two attached hydrogens (primary N) is 1.